The molecule has 1 heterocycles. The average molecular weight is 476 g/mol. The fourth-order valence-electron chi connectivity index (χ4n) is 4.87. The number of rotatable bonds is 8. The van der Waals surface area contributed by atoms with Crippen LogP contribution in [0.15, 0.2) is 72.8 Å². The van der Waals surface area contributed by atoms with E-state index in [0.717, 1.165) is 11.1 Å². The van der Waals surface area contributed by atoms with E-state index in [1.54, 1.807) is 12.1 Å². The van der Waals surface area contributed by atoms with Crippen LogP contribution in [0.2, 0.25) is 0 Å². The van der Waals surface area contributed by atoms with Gasteiger partial charge in [0.2, 0.25) is 0 Å². The number of alkyl carbamates (subject to hydrolysis) is 1. The van der Waals surface area contributed by atoms with Gasteiger partial charge in [-0.2, -0.15) is 0 Å². The van der Waals surface area contributed by atoms with Crippen molar-refractivity contribution in [2.75, 3.05) is 26.4 Å². The monoisotopic (exact) mass is 475 g/mol. The summed E-state index contributed by atoms with van der Waals surface area (Å²) in [6, 6.07) is 23.5. The second-order valence-corrected chi connectivity index (χ2v) is 8.76. The van der Waals surface area contributed by atoms with Crippen molar-refractivity contribution in [2.45, 2.75) is 30.8 Å². The first-order chi connectivity index (χ1) is 17.1. The molecule has 182 valence electrons. The number of fused-ring (bicyclic) bond motifs is 3. The van der Waals surface area contributed by atoms with Crippen LogP contribution in [0.25, 0.3) is 11.1 Å². The highest BCUT2D eigenvalue weighted by atomic mass is 16.7. The average Bonchev–Trinajstić information content (AvgIpc) is 3.54. The molecule has 2 aliphatic rings. The Morgan fingerprint density at radius 2 is 1.46 bits per heavy atom. The first-order valence-electron chi connectivity index (χ1n) is 11.9. The maximum Gasteiger partial charge on any atom is 0.407 e. The number of hydrogen-bond acceptors (Lipinski definition) is 6. The first-order valence-corrected chi connectivity index (χ1v) is 11.9. The first kappa shape index (κ1) is 23.5. The summed E-state index contributed by atoms with van der Waals surface area (Å²) in [4.78, 5) is 12.4. The maximum atomic E-state index is 12.4. The normalized spacial score (nSPS) is 17.0. The fraction of sp³-hybridized carbons (Fsp3) is 0.321. The number of benzene rings is 3. The number of ether oxygens (including phenoxy) is 3. The topological polar surface area (TPSA) is 97.3 Å². The molecule has 7 heteroatoms. The van der Waals surface area contributed by atoms with E-state index in [2.05, 4.69) is 29.6 Å². The zero-order valence-corrected chi connectivity index (χ0v) is 19.3. The van der Waals surface area contributed by atoms with Gasteiger partial charge in [0.15, 0.2) is 6.29 Å². The van der Waals surface area contributed by atoms with E-state index < -0.39 is 24.6 Å². The van der Waals surface area contributed by atoms with E-state index in [-0.39, 0.29) is 25.5 Å². The number of carbonyl (C=O) groups excluding carboxylic acids is 1. The van der Waals surface area contributed by atoms with Gasteiger partial charge in [-0.15, -0.1) is 0 Å². The molecule has 1 aliphatic carbocycles. The van der Waals surface area contributed by atoms with Crippen LogP contribution < -0.4 is 5.32 Å². The van der Waals surface area contributed by atoms with E-state index in [0.29, 0.717) is 24.3 Å². The van der Waals surface area contributed by atoms with Crippen molar-refractivity contribution < 1.29 is 29.2 Å². The van der Waals surface area contributed by atoms with Crippen molar-refractivity contribution in [2.24, 2.45) is 0 Å². The third kappa shape index (κ3) is 4.94. The zero-order chi connectivity index (χ0) is 24.2. The molecule has 7 nitrogen and oxygen atoms in total. The van der Waals surface area contributed by atoms with Gasteiger partial charge in [-0.25, -0.2) is 4.79 Å². The molecule has 3 aromatic carbocycles. The second kappa shape index (κ2) is 10.6. The summed E-state index contributed by atoms with van der Waals surface area (Å²) in [6.45, 7) is 1.36. The van der Waals surface area contributed by atoms with Gasteiger partial charge in [0.1, 0.15) is 12.7 Å². The largest absolute Gasteiger partial charge is 0.449 e. The van der Waals surface area contributed by atoms with Gasteiger partial charge >= 0.3 is 6.09 Å². The highest BCUT2D eigenvalue weighted by molar-refractivity contribution is 5.79. The molecule has 1 saturated heterocycles. The minimum Gasteiger partial charge on any atom is -0.449 e. The lowest BCUT2D eigenvalue weighted by Gasteiger charge is -2.22. The van der Waals surface area contributed by atoms with Crippen molar-refractivity contribution in [3.63, 3.8) is 0 Å². The Balaban J connectivity index is 1.13. The van der Waals surface area contributed by atoms with Gasteiger partial charge in [0, 0.05) is 18.0 Å². The highest BCUT2D eigenvalue weighted by Gasteiger charge is 2.29. The van der Waals surface area contributed by atoms with Crippen LogP contribution >= 0.6 is 0 Å². The Labute approximate surface area is 204 Å². The Morgan fingerprint density at radius 3 is 2.11 bits per heavy atom. The van der Waals surface area contributed by atoms with Gasteiger partial charge in [-0.3, -0.25) is 0 Å². The molecule has 0 bridgehead atoms. The lowest BCUT2D eigenvalue weighted by Crippen LogP contribution is -2.31. The van der Waals surface area contributed by atoms with Gasteiger partial charge in [0.05, 0.1) is 19.3 Å². The van der Waals surface area contributed by atoms with Crippen LogP contribution in [-0.4, -0.2) is 48.8 Å². The molecule has 2 unspecified atom stereocenters. The third-order valence-electron chi connectivity index (χ3n) is 6.61. The van der Waals surface area contributed by atoms with Crippen LogP contribution in [-0.2, 0) is 14.2 Å². The third-order valence-corrected chi connectivity index (χ3v) is 6.61. The summed E-state index contributed by atoms with van der Waals surface area (Å²) in [5.74, 6) is -0.0166. The Bertz CT molecular complexity index is 1130. The van der Waals surface area contributed by atoms with Crippen molar-refractivity contribution in [1.29, 1.82) is 0 Å². The number of carbonyl (C=O) groups is 1. The molecule has 5 rings (SSSR count). The molecule has 3 N–H and O–H groups in total. The molecular weight excluding hydrogens is 446 g/mol. The summed E-state index contributed by atoms with van der Waals surface area (Å²) < 4.78 is 16.6. The molecule has 1 aliphatic heterocycles. The van der Waals surface area contributed by atoms with E-state index in [9.17, 15) is 15.0 Å². The summed E-state index contributed by atoms with van der Waals surface area (Å²) in [5.41, 5.74) is 5.88. The molecule has 1 fully saturated rings. The quantitative estimate of drug-likeness (QED) is 0.455. The predicted octanol–water partition coefficient (Wildman–Crippen LogP) is 4.06. The number of amides is 1. The number of hydrogen-bond donors (Lipinski definition) is 3. The lowest BCUT2D eigenvalue weighted by atomic mass is 9.96. The minimum absolute atomic E-state index is 0.0166. The molecule has 0 saturated carbocycles. The van der Waals surface area contributed by atoms with Gasteiger partial charge in [-0.05, 0) is 34.2 Å². The molecule has 0 spiro atoms. The van der Waals surface area contributed by atoms with Gasteiger partial charge in [0.25, 0.3) is 0 Å². The van der Waals surface area contributed by atoms with Crippen molar-refractivity contribution in [3.05, 3.63) is 95.1 Å². The smallest absolute Gasteiger partial charge is 0.407 e. The molecule has 35 heavy (non-hydrogen) atoms. The molecule has 0 aromatic heterocycles. The van der Waals surface area contributed by atoms with Gasteiger partial charge < -0.3 is 29.7 Å². The van der Waals surface area contributed by atoms with Crippen LogP contribution in [0.4, 0.5) is 4.79 Å². The van der Waals surface area contributed by atoms with E-state index in [1.807, 2.05) is 36.4 Å². The number of aliphatic hydroxyl groups excluding tert-OH is 2. The maximum absolute atomic E-state index is 12.4. The SMILES string of the molecule is O=C(NCCC(O)C(O)c1ccccc1C1OCCO1)OCC1c2ccccc2-c2ccccc21. The van der Waals surface area contributed by atoms with Crippen LogP contribution in [0, 0.1) is 0 Å². The van der Waals surface area contributed by atoms with E-state index >= 15 is 0 Å². The van der Waals surface area contributed by atoms with E-state index in [4.69, 9.17) is 14.2 Å². The van der Waals surface area contributed by atoms with Crippen LogP contribution in [0.3, 0.4) is 0 Å². The van der Waals surface area contributed by atoms with E-state index in [1.165, 1.54) is 11.1 Å². The van der Waals surface area contributed by atoms with Crippen LogP contribution in [0.5, 0.6) is 0 Å². The summed E-state index contributed by atoms with van der Waals surface area (Å²) in [6.07, 6.45) is -3.16. The highest BCUT2D eigenvalue weighted by Crippen LogP contribution is 2.44. The molecular formula is C28H29NO6. The van der Waals surface area contributed by atoms with Crippen LogP contribution in [0.1, 0.15) is 47.0 Å². The Morgan fingerprint density at radius 1 is 0.886 bits per heavy atom. The molecule has 0 radical (unpaired) electrons. The minimum atomic E-state index is -1.14. The van der Waals surface area contributed by atoms with Gasteiger partial charge in [-0.1, -0.05) is 72.8 Å². The Hall–Kier alpha value is -3.23. The Kier molecular flexibility index (Phi) is 7.11. The number of nitrogens with one attached hydrogen (secondary N) is 1. The molecule has 3 aromatic rings. The van der Waals surface area contributed by atoms with Crippen molar-refractivity contribution in [3.8, 4) is 11.1 Å². The lowest BCUT2D eigenvalue weighted by molar-refractivity contribution is -0.0487. The second-order valence-electron chi connectivity index (χ2n) is 8.76. The molecule has 2 atom stereocenters. The zero-order valence-electron chi connectivity index (χ0n) is 19.3. The van der Waals surface area contributed by atoms with Crippen molar-refractivity contribution >= 4 is 6.09 Å². The molecule has 1 amide bonds. The van der Waals surface area contributed by atoms with Crippen molar-refractivity contribution in [1.82, 2.24) is 5.32 Å². The fourth-order valence-corrected chi connectivity index (χ4v) is 4.87. The summed E-state index contributed by atoms with van der Waals surface area (Å²) >= 11 is 0. The number of aliphatic hydroxyl groups is 2. The summed E-state index contributed by atoms with van der Waals surface area (Å²) in [5, 5.41) is 24.0. The standard InChI is InChI=1S/C28H29NO6/c30-25(26(31)22-11-5-6-12-23(22)27-33-15-16-34-27)13-14-29-28(32)35-17-24-20-9-3-1-7-18(20)19-8-2-4-10-21(19)24/h1-12,24-27,30-31H,13-17H2,(H,29,32). The summed E-state index contributed by atoms with van der Waals surface area (Å²) in [7, 11) is 0. The predicted molar refractivity (Wildman–Crippen MR) is 130 cm³/mol.